The van der Waals surface area contributed by atoms with Crippen molar-refractivity contribution in [1.82, 2.24) is 4.90 Å². The molecule has 0 aromatic heterocycles. The second-order valence-electron chi connectivity index (χ2n) is 8.63. The molecule has 2 aromatic carbocycles. The number of sulfonamides is 1. The summed E-state index contributed by atoms with van der Waals surface area (Å²) in [5.41, 5.74) is 7.11. The van der Waals surface area contributed by atoms with Crippen LogP contribution in [-0.2, 0) is 19.6 Å². The molecule has 1 saturated heterocycles. The van der Waals surface area contributed by atoms with Gasteiger partial charge >= 0.3 is 5.97 Å². The van der Waals surface area contributed by atoms with Crippen molar-refractivity contribution >= 4 is 51.5 Å². The first-order valence-corrected chi connectivity index (χ1v) is 14.1. The molecule has 2 aromatic rings. The third kappa shape index (κ3) is 7.96. The van der Waals surface area contributed by atoms with Crippen molar-refractivity contribution in [3.05, 3.63) is 64.7 Å². The third-order valence-electron chi connectivity index (χ3n) is 5.88. The zero-order valence-electron chi connectivity index (χ0n) is 21.1. The highest BCUT2D eigenvalue weighted by Gasteiger charge is 2.27. The molecule has 0 saturated carbocycles. The third-order valence-corrected chi connectivity index (χ3v) is 7.80. The molecule has 0 bridgehead atoms. The largest absolute Gasteiger partial charge is 0.489 e. The summed E-state index contributed by atoms with van der Waals surface area (Å²) in [7, 11) is -4.11. The number of amidine groups is 1. The molecule has 1 aliphatic rings. The first-order valence-electron chi connectivity index (χ1n) is 12.1. The number of hydrogen-bond donors (Lipinski definition) is 3. The normalized spacial score (nSPS) is 14.3. The van der Waals surface area contributed by atoms with Gasteiger partial charge in [-0.3, -0.25) is 19.9 Å². The van der Waals surface area contributed by atoms with E-state index in [1.807, 2.05) is 4.90 Å². The van der Waals surface area contributed by atoms with Crippen molar-refractivity contribution in [3.63, 3.8) is 0 Å². The molecule has 1 aliphatic heterocycles. The number of benzene rings is 2. The summed E-state index contributed by atoms with van der Waals surface area (Å²) in [6.45, 7) is 3.02. The number of anilines is 1. The van der Waals surface area contributed by atoms with Gasteiger partial charge in [-0.15, -0.1) is 0 Å². The highest BCUT2D eigenvalue weighted by atomic mass is 35.5. The minimum Gasteiger partial charge on any atom is -0.489 e. The van der Waals surface area contributed by atoms with E-state index in [-0.39, 0.29) is 35.8 Å². The van der Waals surface area contributed by atoms with Crippen LogP contribution in [0.2, 0.25) is 5.02 Å². The molecule has 204 valence electrons. The van der Waals surface area contributed by atoms with E-state index in [9.17, 15) is 13.2 Å². The Kier molecular flexibility index (Phi) is 10.1. The van der Waals surface area contributed by atoms with E-state index in [2.05, 4.69) is 0 Å². The highest BCUT2D eigenvalue weighted by molar-refractivity contribution is 7.93. The van der Waals surface area contributed by atoms with Gasteiger partial charge in [-0.25, -0.2) is 8.42 Å². The first-order chi connectivity index (χ1) is 18.1. The van der Waals surface area contributed by atoms with Crippen LogP contribution in [0.3, 0.4) is 0 Å². The molecule has 0 aliphatic carbocycles. The number of nitrogens with two attached hydrogens (primary N) is 1. The molecule has 0 spiro atoms. The topological polar surface area (TPSA) is 150 Å². The lowest BCUT2D eigenvalue weighted by Crippen LogP contribution is -2.37. The lowest BCUT2D eigenvalue weighted by atomic mass is 10.1. The molecule has 4 N–H and O–H groups in total. The van der Waals surface area contributed by atoms with Crippen LogP contribution in [0.15, 0.2) is 48.5 Å². The lowest BCUT2D eigenvalue weighted by molar-refractivity contribution is -0.139. The van der Waals surface area contributed by atoms with E-state index in [0.717, 1.165) is 22.7 Å². The van der Waals surface area contributed by atoms with E-state index in [1.165, 1.54) is 12.4 Å². The van der Waals surface area contributed by atoms with Gasteiger partial charge in [-0.05, 0) is 36.8 Å². The number of esters is 1. The minimum atomic E-state index is -4.11. The second kappa shape index (κ2) is 13.3. The van der Waals surface area contributed by atoms with E-state index < -0.39 is 21.7 Å². The molecule has 38 heavy (non-hydrogen) atoms. The summed E-state index contributed by atoms with van der Waals surface area (Å²) in [5, 5.41) is 15.2. The Hall–Kier alpha value is -3.57. The van der Waals surface area contributed by atoms with Gasteiger partial charge in [0.15, 0.2) is 5.75 Å². The molecule has 3 rings (SSSR count). The summed E-state index contributed by atoms with van der Waals surface area (Å²) >= 11 is 6.50. The van der Waals surface area contributed by atoms with Gasteiger partial charge in [0.2, 0.25) is 10.0 Å². The van der Waals surface area contributed by atoms with Gasteiger partial charge < -0.3 is 20.1 Å². The number of halogens is 1. The molecule has 1 heterocycles. The van der Waals surface area contributed by atoms with Crippen molar-refractivity contribution in [1.29, 1.82) is 10.8 Å². The first kappa shape index (κ1) is 29.0. The van der Waals surface area contributed by atoms with Crippen LogP contribution in [0.4, 0.5) is 5.69 Å². The number of carbonyl (C=O) groups excluding carboxylic acids is 1. The Morgan fingerprint density at radius 1 is 1.24 bits per heavy atom. The number of nitrogens with zero attached hydrogens (tertiary/aromatic N) is 2. The average molecular weight is 562 g/mol. The van der Waals surface area contributed by atoms with Crippen molar-refractivity contribution < 1.29 is 22.7 Å². The highest BCUT2D eigenvalue weighted by Crippen LogP contribution is 2.32. The van der Waals surface area contributed by atoms with E-state index in [0.29, 0.717) is 24.4 Å². The maximum Gasteiger partial charge on any atom is 0.323 e. The van der Waals surface area contributed by atoms with E-state index in [4.69, 9.17) is 37.6 Å². The van der Waals surface area contributed by atoms with Crippen LogP contribution in [0.25, 0.3) is 6.08 Å². The fourth-order valence-corrected chi connectivity index (χ4v) is 5.45. The Bertz CT molecular complexity index is 1290. The summed E-state index contributed by atoms with van der Waals surface area (Å²) in [6, 6.07) is 11.7. The van der Waals surface area contributed by atoms with E-state index in [1.54, 1.807) is 55.5 Å². The summed E-state index contributed by atoms with van der Waals surface area (Å²) in [5.74, 6) is -1.31. The minimum absolute atomic E-state index is 0.0631. The fraction of sp³-hybridized carbons (Fsp3) is 0.346. The predicted octanol–water partition coefficient (Wildman–Crippen LogP) is 3.49. The van der Waals surface area contributed by atoms with Gasteiger partial charge in [0.25, 0.3) is 0 Å². The molecule has 1 fully saturated rings. The van der Waals surface area contributed by atoms with Crippen LogP contribution < -0.4 is 14.8 Å². The SMILES string of the molecule is CCOC(=O)CS(=O)(=O)N(C/C=C/c1cccc(C(=N)N)c1)c1ccc(OC2CCN(C=N)CC2)c(Cl)c1. The predicted molar refractivity (Wildman–Crippen MR) is 150 cm³/mol. The monoisotopic (exact) mass is 561 g/mol. The number of ether oxygens (including phenoxy) is 2. The van der Waals surface area contributed by atoms with Crippen LogP contribution in [-0.4, -0.2) is 69.6 Å². The molecule has 10 nitrogen and oxygen atoms in total. The molecule has 0 radical (unpaired) electrons. The number of likely N-dealkylation sites (tertiary alicyclic amines) is 1. The summed E-state index contributed by atoms with van der Waals surface area (Å²) < 4.78 is 38.4. The Morgan fingerprint density at radius 3 is 2.61 bits per heavy atom. The average Bonchev–Trinajstić information content (AvgIpc) is 2.88. The summed E-state index contributed by atoms with van der Waals surface area (Å²) in [4.78, 5) is 13.9. The standard InChI is InChI=1S/C26H32ClN5O5S/c1-2-36-25(33)17-38(34,35)32(12-4-6-19-5-3-7-20(15-19)26(29)30)21-8-9-24(23(27)16-21)37-22-10-13-31(18-28)14-11-22/h3-9,15-16,18,22,28H,2,10-14,17H2,1H3,(H3,29,30)/b6-4+,28-18?. The van der Waals surface area contributed by atoms with Gasteiger partial charge in [-0.2, -0.15) is 0 Å². The van der Waals surface area contributed by atoms with Crippen molar-refractivity contribution in [2.45, 2.75) is 25.9 Å². The van der Waals surface area contributed by atoms with Gasteiger partial charge in [0, 0.05) is 31.5 Å². The maximum atomic E-state index is 13.2. The molecule has 0 unspecified atom stereocenters. The second-order valence-corrected chi connectivity index (χ2v) is 10.9. The number of rotatable bonds is 12. The quantitative estimate of drug-likeness (QED) is 0.204. The van der Waals surface area contributed by atoms with Gasteiger partial charge in [-0.1, -0.05) is 42.0 Å². The maximum absolute atomic E-state index is 13.2. The zero-order chi connectivity index (χ0) is 27.7. The molecular weight excluding hydrogens is 530 g/mol. The molecular formula is C26H32ClN5O5S. The van der Waals surface area contributed by atoms with Crippen LogP contribution in [0.5, 0.6) is 5.75 Å². The van der Waals surface area contributed by atoms with E-state index >= 15 is 0 Å². The molecule has 0 amide bonds. The van der Waals surface area contributed by atoms with Crippen LogP contribution in [0, 0.1) is 10.8 Å². The van der Waals surface area contributed by atoms with Gasteiger partial charge in [0.05, 0.1) is 30.2 Å². The number of hydrogen-bond acceptors (Lipinski definition) is 7. The Morgan fingerprint density at radius 2 is 1.97 bits per heavy atom. The Balaban J connectivity index is 1.83. The number of nitrogens with one attached hydrogen (secondary N) is 2. The summed E-state index contributed by atoms with van der Waals surface area (Å²) in [6.07, 6.45) is 6.08. The molecule has 0 atom stereocenters. The lowest BCUT2D eigenvalue weighted by Gasteiger charge is -2.31. The van der Waals surface area contributed by atoms with Crippen molar-refractivity contribution in [3.8, 4) is 5.75 Å². The van der Waals surface area contributed by atoms with Crippen molar-refractivity contribution in [2.24, 2.45) is 5.73 Å². The Labute approximate surface area is 228 Å². The van der Waals surface area contributed by atoms with Crippen molar-refractivity contribution in [2.75, 3.05) is 36.3 Å². The number of piperidine rings is 1. The smallest absolute Gasteiger partial charge is 0.323 e. The fourth-order valence-electron chi connectivity index (χ4n) is 3.95. The molecule has 12 heteroatoms. The van der Waals surface area contributed by atoms with Gasteiger partial charge in [0.1, 0.15) is 17.7 Å². The number of nitrogen functional groups attached to an aromatic ring is 1. The van der Waals surface area contributed by atoms with Crippen LogP contribution in [0.1, 0.15) is 30.9 Å². The number of carbonyl (C=O) groups is 1. The van der Waals surface area contributed by atoms with Crippen LogP contribution >= 0.6 is 11.6 Å². The zero-order valence-corrected chi connectivity index (χ0v) is 22.7.